The van der Waals surface area contributed by atoms with Crippen LogP contribution >= 0.6 is 11.6 Å². The van der Waals surface area contributed by atoms with E-state index in [-0.39, 0.29) is 13.2 Å². The van der Waals surface area contributed by atoms with Gasteiger partial charge in [0.15, 0.2) is 0 Å². The molecule has 0 radical (unpaired) electrons. The quantitative estimate of drug-likeness (QED) is 0.534. The zero-order chi connectivity index (χ0) is 19.9. The predicted molar refractivity (Wildman–Crippen MR) is 105 cm³/mol. The lowest BCUT2D eigenvalue weighted by atomic mass is 9.91. The summed E-state index contributed by atoms with van der Waals surface area (Å²) in [5.41, 5.74) is -0.799. The summed E-state index contributed by atoms with van der Waals surface area (Å²) in [6, 6.07) is 14.0. The van der Waals surface area contributed by atoms with Gasteiger partial charge in [0.25, 0.3) is 0 Å². The Morgan fingerprint density at radius 3 is 2.26 bits per heavy atom. The molecule has 0 bridgehead atoms. The van der Waals surface area contributed by atoms with E-state index in [4.69, 9.17) is 21.1 Å². The van der Waals surface area contributed by atoms with Crippen LogP contribution in [-0.2, 0) is 9.59 Å². The summed E-state index contributed by atoms with van der Waals surface area (Å²) >= 11 is 6.04. The number of benzene rings is 2. The van der Waals surface area contributed by atoms with Crippen LogP contribution in [0.4, 0.5) is 5.69 Å². The van der Waals surface area contributed by atoms with Gasteiger partial charge in [-0.25, -0.2) is 0 Å². The van der Waals surface area contributed by atoms with Gasteiger partial charge in [-0.15, -0.1) is 0 Å². The van der Waals surface area contributed by atoms with Gasteiger partial charge >= 0.3 is 0 Å². The molecule has 2 aromatic carbocycles. The average Bonchev–Trinajstić information content (AvgIpc) is 2.67. The molecule has 2 amide bonds. The number of ether oxygens (including phenoxy) is 2. The maximum Gasteiger partial charge on any atom is 0.239 e. The minimum absolute atomic E-state index is 0.271. The summed E-state index contributed by atoms with van der Waals surface area (Å²) in [6.45, 7) is 3.66. The maximum absolute atomic E-state index is 12.5. The first kappa shape index (κ1) is 20.6. The Morgan fingerprint density at radius 1 is 1.00 bits per heavy atom. The topological polar surface area (TPSA) is 76.7 Å². The van der Waals surface area contributed by atoms with Gasteiger partial charge in [0.1, 0.15) is 23.5 Å². The highest BCUT2D eigenvalue weighted by atomic mass is 35.5. The predicted octanol–water partition coefficient (Wildman–Crippen LogP) is 3.51. The van der Waals surface area contributed by atoms with Gasteiger partial charge in [-0.2, -0.15) is 0 Å². The number of carbonyl (C=O) groups excluding carboxylic acids is 2. The Balaban J connectivity index is 1.82. The highest BCUT2D eigenvalue weighted by Crippen LogP contribution is 2.24. The zero-order valence-electron chi connectivity index (χ0n) is 15.5. The maximum atomic E-state index is 12.5. The molecule has 27 heavy (non-hydrogen) atoms. The lowest BCUT2D eigenvalue weighted by Gasteiger charge is -2.23. The van der Waals surface area contributed by atoms with E-state index in [0.29, 0.717) is 16.5 Å². The molecule has 0 heterocycles. The number of halogens is 1. The molecule has 0 atom stereocenters. The number of hydrogen-bond acceptors (Lipinski definition) is 4. The molecule has 0 aliphatic rings. The Kier molecular flexibility index (Phi) is 7.07. The molecule has 7 heteroatoms. The van der Waals surface area contributed by atoms with E-state index >= 15 is 0 Å². The number of para-hydroxylation sites is 1. The van der Waals surface area contributed by atoms with Crippen LogP contribution in [0.15, 0.2) is 48.5 Å². The van der Waals surface area contributed by atoms with E-state index < -0.39 is 17.2 Å². The second-order valence-corrected chi connectivity index (χ2v) is 6.75. The molecule has 0 unspecified atom stereocenters. The number of rotatable bonds is 8. The van der Waals surface area contributed by atoms with Gasteiger partial charge in [-0.05, 0) is 50.2 Å². The first-order valence-electron chi connectivity index (χ1n) is 8.45. The SMILES string of the molecule is COc1ccc(OCCNC(=O)C(C)(C)C(=O)Nc2ccccc2Cl)cc1. The molecule has 2 rings (SSSR count). The number of amides is 2. The number of hydrogen-bond donors (Lipinski definition) is 2. The lowest BCUT2D eigenvalue weighted by molar-refractivity contribution is -0.138. The van der Waals surface area contributed by atoms with E-state index in [1.54, 1.807) is 69.5 Å². The molecule has 6 nitrogen and oxygen atoms in total. The second-order valence-electron chi connectivity index (χ2n) is 6.34. The van der Waals surface area contributed by atoms with Crippen molar-refractivity contribution in [3.63, 3.8) is 0 Å². The summed E-state index contributed by atoms with van der Waals surface area (Å²) in [5.74, 6) is 0.567. The standard InChI is InChI=1S/C20H23ClN2O4/c1-20(2,19(25)23-17-7-5-4-6-16(17)21)18(24)22-12-13-27-15-10-8-14(26-3)9-11-15/h4-11H,12-13H2,1-3H3,(H,22,24)(H,23,25). The normalized spacial score (nSPS) is 10.8. The number of carbonyl (C=O) groups is 2. The minimum atomic E-state index is -1.26. The molecule has 144 valence electrons. The zero-order valence-corrected chi connectivity index (χ0v) is 16.3. The molecule has 0 spiro atoms. The van der Waals surface area contributed by atoms with E-state index in [1.807, 2.05) is 0 Å². The second kappa shape index (κ2) is 9.28. The van der Waals surface area contributed by atoms with Gasteiger partial charge in [0.2, 0.25) is 11.8 Å². The van der Waals surface area contributed by atoms with E-state index in [2.05, 4.69) is 10.6 Å². The molecular formula is C20H23ClN2O4. The van der Waals surface area contributed by atoms with E-state index in [1.165, 1.54) is 0 Å². The number of anilines is 1. The first-order valence-corrected chi connectivity index (χ1v) is 8.83. The monoisotopic (exact) mass is 390 g/mol. The lowest BCUT2D eigenvalue weighted by Crippen LogP contribution is -2.46. The highest BCUT2D eigenvalue weighted by Gasteiger charge is 2.36. The number of nitrogens with one attached hydrogen (secondary N) is 2. The van der Waals surface area contributed by atoms with Crippen molar-refractivity contribution in [2.75, 3.05) is 25.6 Å². The Labute approximate surface area is 163 Å². The van der Waals surface area contributed by atoms with Crippen molar-refractivity contribution in [1.29, 1.82) is 0 Å². The van der Waals surface area contributed by atoms with Gasteiger partial charge in [0.05, 0.1) is 24.4 Å². The molecule has 0 aromatic heterocycles. The summed E-state index contributed by atoms with van der Waals surface area (Å²) in [6.07, 6.45) is 0. The van der Waals surface area contributed by atoms with Crippen molar-refractivity contribution in [2.24, 2.45) is 5.41 Å². The molecule has 0 saturated carbocycles. The molecular weight excluding hydrogens is 368 g/mol. The smallest absolute Gasteiger partial charge is 0.239 e. The van der Waals surface area contributed by atoms with Gasteiger partial charge in [-0.1, -0.05) is 23.7 Å². The third-order valence-corrected chi connectivity index (χ3v) is 4.30. The average molecular weight is 391 g/mol. The fraction of sp³-hybridized carbons (Fsp3) is 0.300. The van der Waals surface area contributed by atoms with Gasteiger partial charge in [-0.3, -0.25) is 9.59 Å². The van der Waals surface area contributed by atoms with Crippen LogP contribution < -0.4 is 20.1 Å². The highest BCUT2D eigenvalue weighted by molar-refractivity contribution is 6.33. The van der Waals surface area contributed by atoms with Gasteiger partial charge in [0, 0.05) is 0 Å². The van der Waals surface area contributed by atoms with Crippen molar-refractivity contribution >= 4 is 29.1 Å². The third-order valence-electron chi connectivity index (χ3n) is 3.97. The van der Waals surface area contributed by atoms with Gasteiger partial charge < -0.3 is 20.1 Å². The third kappa shape index (κ3) is 5.62. The summed E-state index contributed by atoms with van der Waals surface area (Å²) in [5, 5.41) is 5.81. The summed E-state index contributed by atoms with van der Waals surface area (Å²) in [7, 11) is 1.59. The van der Waals surface area contributed by atoms with Crippen molar-refractivity contribution in [3.8, 4) is 11.5 Å². The fourth-order valence-electron chi connectivity index (χ4n) is 2.17. The fourth-order valence-corrected chi connectivity index (χ4v) is 2.35. The molecule has 0 saturated heterocycles. The summed E-state index contributed by atoms with van der Waals surface area (Å²) in [4.78, 5) is 24.9. The van der Waals surface area contributed by atoms with Crippen LogP contribution in [0, 0.1) is 5.41 Å². The molecule has 2 N–H and O–H groups in total. The van der Waals surface area contributed by atoms with Crippen LogP contribution in [0.3, 0.4) is 0 Å². The van der Waals surface area contributed by atoms with Crippen molar-refractivity contribution in [2.45, 2.75) is 13.8 Å². The number of methoxy groups -OCH3 is 1. The molecule has 0 aliphatic heterocycles. The van der Waals surface area contributed by atoms with E-state index in [9.17, 15) is 9.59 Å². The Morgan fingerprint density at radius 2 is 1.63 bits per heavy atom. The van der Waals surface area contributed by atoms with E-state index in [0.717, 1.165) is 5.75 Å². The van der Waals surface area contributed by atoms with Crippen molar-refractivity contribution in [1.82, 2.24) is 5.32 Å². The first-order chi connectivity index (χ1) is 12.8. The van der Waals surface area contributed by atoms with Crippen molar-refractivity contribution in [3.05, 3.63) is 53.6 Å². The van der Waals surface area contributed by atoms with Crippen molar-refractivity contribution < 1.29 is 19.1 Å². The molecule has 0 aliphatic carbocycles. The van der Waals surface area contributed by atoms with Crippen LogP contribution in [0.5, 0.6) is 11.5 Å². The Hall–Kier alpha value is -2.73. The van der Waals surface area contributed by atoms with Crippen LogP contribution in [0.2, 0.25) is 5.02 Å². The molecule has 2 aromatic rings. The largest absolute Gasteiger partial charge is 0.497 e. The van der Waals surface area contributed by atoms with Crippen LogP contribution in [0.1, 0.15) is 13.8 Å². The molecule has 0 fully saturated rings. The van der Waals surface area contributed by atoms with Crippen LogP contribution in [0.25, 0.3) is 0 Å². The summed E-state index contributed by atoms with van der Waals surface area (Å²) < 4.78 is 10.6. The van der Waals surface area contributed by atoms with Crippen LogP contribution in [-0.4, -0.2) is 32.1 Å². The minimum Gasteiger partial charge on any atom is -0.497 e. The Bertz CT molecular complexity index is 791.